The minimum absolute atomic E-state index is 0.462. The van der Waals surface area contributed by atoms with Gasteiger partial charge >= 0.3 is 0 Å². The third-order valence-electron chi connectivity index (χ3n) is 2.64. The predicted octanol–water partition coefficient (Wildman–Crippen LogP) is 1.58. The lowest BCUT2D eigenvalue weighted by Crippen LogP contribution is -2.30. The summed E-state index contributed by atoms with van der Waals surface area (Å²) in [7, 11) is 1.67. The van der Waals surface area contributed by atoms with Crippen LogP contribution in [0.3, 0.4) is 0 Å². The zero-order chi connectivity index (χ0) is 14.1. The van der Waals surface area contributed by atoms with Crippen LogP contribution in [0, 0.1) is 18.3 Å². The molecule has 0 amide bonds. The maximum Gasteiger partial charge on any atom is 0.224 e. The maximum atomic E-state index is 8.74. The average molecular weight is 263 g/mol. The van der Waals surface area contributed by atoms with Gasteiger partial charge in [0.1, 0.15) is 5.82 Å². The number of nitrogens with zero attached hydrogens (tertiary/aromatic N) is 4. The van der Waals surface area contributed by atoms with Gasteiger partial charge in [-0.05, 0) is 13.8 Å². The van der Waals surface area contributed by atoms with Crippen molar-refractivity contribution in [3.05, 3.63) is 11.8 Å². The molecule has 0 saturated heterocycles. The van der Waals surface area contributed by atoms with Gasteiger partial charge < -0.3 is 15.0 Å². The van der Waals surface area contributed by atoms with E-state index < -0.39 is 0 Å². The van der Waals surface area contributed by atoms with Crippen molar-refractivity contribution < 1.29 is 4.74 Å². The molecule has 0 aliphatic carbocycles. The average Bonchev–Trinajstić information content (AvgIpc) is 2.42. The van der Waals surface area contributed by atoms with E-state index in [9.17, 15) is 0 Å². The molecule has 0 unspecified atom stereocenters. The molecule has 1 N–H and O–H groups in total. The number of methoxy groups -OCH3 is 1. The van der Waals surface area contributed by atoms with Crippen LogP contribution < -0.4 is 10.2 Å². The highest BCUT2D eigenvalue weighted by atomic mass is 16.5. The molecule has 19 heavy (non-hydrogen) atoms. The van der Waals surface area contributed by atoms with Crippen molar-refractivity contribution >= 4 is 11.8 Å². The molecule has 1 heterocycles. The molecule has 1 aromatic heterocycles. The zero-order valence-corrected chi connectivity index (χ0v) is 11.8. The van der Waals surface area contributed by atoms with Gasteiger partial charge in [-0.1, -0.05) is 0 Å². The third-order valence-corrected chi connectivity index (χ3v) is 2.64. The van der Waals surface area contributed by atoms with Gasteiger partial charge in [0.05, 0.1) is 19.1 Å². The lowest BCUT2D eigenvalue weighted by Gasteiger charge is -2.24. The summed E-state index contributed by atoms with van der Waals surface area (Å²) in [6.45, 7) is 6.70. The number of aryl methyl sites for hydroxylation is 1. The van der Waals surface area contributed by atoms with Crippen molar-refractivity contribution in [3.63, 3.8) is 0 Å². The Morgan fingerprint density at radius 1 is 1.47 bits per heavy atom. The topological polar surface area (TPSA) is 74.1 Å². The largest absolute Gasteiger partial charge is 0.383 e. The Morgan fingerprint density at radius 2 is 2.26 bits per heavy atom. The lowest BCUT2D eigenvalue weighted by molar-refractivity contribution is 0.205. The van der Waals surface area contributed by atoms with Crippen LogP contribution in [0.1, 0.15) is 18.9 Å². The van der Waals surface area contributed by atoms with E-state index in [0.29, 0.717) is 32.1 Å². The van der Waals surface area contributed by atoms with E-state index >= 15 is 0 Å². The predicted molar refractivity (Wildman–Crippen MR) is 75.3 cm³/mol. The summed E-state index contributed by atoms with van der Waals surface area (Å²) in [4.78, 5) is 10.8. The minimum atomic E-state index is 0.462. The molecule has 1 aromatic rings. The first-order valence-electron chi connectivity index (χ1n) is 6.41. The highest BCUT2D eigenvalue weighted by Crippen LogP contribution is 2.18. The van der Waals surface area contributed by atoms with Crippen LogP contribution in [0.15, 0.2) is 6.20 Å². The van der Waals surface area contributed by atoms with E-state index in [1.165, 1.54) is 0 Å². The molecule has 0 saturated carbocycles. The molecule has 6 nitrogen and oxygen atoms in total. The Balaban J connectivity index is 2.91. The number of nitrogens with one attached hydrogen (secondary N) is 1. The second kappa shape index (κ2) is 8.27. The fraction of sp³-hybridized carbons (Fsp3) is 0.615. The first kappa shape index (κ1) is 15.2. The molecule has 104 valence electrons. The Labute approximate surface area is 114 Å². The van der Waals surface area contributed by atoms with Crippen LogP contribution >= 0.6 is 0 Å². The summed E-state index contributed by atoms with van der Waals surface area (Å²) in [5.74, 6) is 1.47. The van der Waals surface area contributed by atoms with E-state index in [1.54, 1.807) is 13.3 Å². The number of hydrogen-bond donors (Lipinski definition) is 1. The quantitative estimate of drug-likeness (QED) is 0.767. The van der Waals surface area contributed by atoms with Gasteiger partial charge in [-0.15, -0.1) is 0 Å². The van der Waals surface area contributed by atoms with Crippen molar-refractivity contribution in [2.24, 2.45) is 0 Å². The summed E-state index contributed by atoms with van der Waals surface area (Å²) in [5, 5.41) is 11.8. The summed E-state index contributed by atoms with van der Waals surface area (Å²) >= 11 is 0. The van der Waals surface area contributed by atoms with Crippen molar-refractivity contribution in [1.82, 2.24) is 9.97 Å². The second-order valence-corrected chi connectivity index (χ2v) is 4.12. The Bertz CT molecular complexity index is 430. The van der Waals surface area contributed by atoms with Crippen LogP contribution in [-0.2, 0) is 4.74 Å². The number of anilines is 2. The van der Waals surface area contributed by atoms with E-state index in [2.05, 4.69) is 26.3 Å². The fourth-order valence-corrected chi connectivity index (χ4v) is 1.71. The molecule has 1 rings (SSSR count). The summed E-state index contributed by atoms with van der Waals surface area (Å²) in [5.41, 5.74) is 0.996. The van der Waals surface area contributed by atoms with E-state index in [0.717, 1.165) is 17.9 Å². The Morgan fingerprint density at radius 3 is 2.89 bits per heavy atom. The number of nitriles is 1. The van der Waals surface area contributed by atoms with Crippen LogP contribution in [-0.4, -0.2) is 43.3 Å². The lowest BCUT2D eigenvalue weighted by atomic mass is 10.3. The van der Waals surface area contributed by atoms with Gasteiger partial charge in [0, 0.05) is 38.5 Å². The normalized spacial score (nSPS) is 10.0. The van der Waals surface area contributed by atoms with Crippen molar-refractivity contribution in [3.8, 4) is 6.07 Å². The Hall–Kier alpha value is -1.87. The molecule has 0 spiro atoms. The molecular formula is C13H21N5O. The fourth-order valence-electron chi connectivity index (χ4n) is 1.71. The first-order chi connectivity index (χ1) is 9.22. The Kier molecular flexibility index (Phi) is 6.61. The number of hydrogen-bond acceptors (Lipinski definition) is 6. The highest BCUT2D eigenvalue weighted by Gasteiger charge is 2.12. The van der Waals surface area contributed by atoms with Gasteiger partial charge in [-0.3, -0.25) is 0 Å². The van der Waals surface area contributed by atoms with Gasteiger partial charge in [0.25, 0.3) is 0 Å². The molecule has 0 radical (unpaired) electrons. The van der Waals surface area contributed by atoms with Crippen molar-refractivity contribution in [2.75, 3.05) is 43.6 Å². The van der Waals surface area contributed by atoms with Crippen LogP contribution in [0.25, 0.3) is 0 Å². The second-order valence-electron chi connectivity index (χ2n) is 4.12. The molecule has 6 heteroatoms. The summed E-state index contributed by atoms with van der Waals surface area (Å²) < 4.78 is 5.11. The SMILES string of the molecule is CCNc1ncc(C)c(N(CCC#N)CCOC)n1. The van der Waals surface area contributed by atoms with E-state index in [1.807, 2.05) is 13.8 Å². The number of aromatic nitrogens is 2. The van der Waals surface area contributed by atoms with E-state index in [-0.39, 0.29) is 0 Å². The van der Waals surface area contributed by atoms with E-state index in [4.69, 9.17) is 10.00 Å². The van der Waals surface area contributed by atoms with Crippen molar-refractivity contribution in [1.29, 1.82) is 5.26 Å². The number of ether oxygens (including phenoxy) is 1. The maximum absolute atomic E-state index is 8.74. The van der Waals surface area contributed by atoms with Gasteiger partial charge in [0.15, 0.2) is 0 Å². The summed E-state index contributed by atoms with van der Waals surface area (Å²) in [6, 6.07) is 2.16. The minimum Gasteiger partial charge on any atom is -0.383 e. The molecule has 0 bridgehead atoms. The van der Waals surface area contributed by atoms with Crippen LogP contribution in [0.4, 0.5) is 11.8 Å². The molecule has 0 aliphatic rings. The number of rotatable bonds is 8. The molecular weight excluding hydrogens is 242 g/mol. The zero-order valence-electron chi connectivity index (χ0n) is 11.8. The van der Waals surface area contributed by atoms with Gasteiger partial charge in [-0.2, -0.15) is 10.2 Å². The monoisotopic (exact) mass is 263 g/mol. The van der Waals surface area contributed by atoms with Gasteiger partial charge in [-0.25, -0.2) is 4.98 Å². The summed E-state index contributed by atoms with van der Waals surface area (Å²) in [6.07, 6.45) is 2.26. The van der Waals surface area contributed by atoms with Crippen molar-refractivity contribution in [2.45, 2.75) is 20.3 Å². The van der Waals surface area contributed by atoms with Crippen LogP contribution in [0.2, 0.25) is 0 Å². The van der Waals surface area contributed by atoms with Crippen LogP contribution in [0.5, 0.6) is 0 Å². The molecule has 0 aromatic carbocycles. The molecule has 0 fully saturated rings. The van der Waals surface area contributed by atoms with Gasteiger partial charge in [0.2, 0.25) is 5.95 Å². The standard InChI is InChI=1S/C13H21N5O/c1-4-15-13-16-10-11(2)12(17-13)18(7-5-6-14)8-9-19-3/h10H,4-5,7-9H2,1-3H3,(H,15,16,17). The smallest absolute Gasteiger partial charge is 0.224 e. The molecule has 0 atom stereocenters. The third kappa shape index (κ3) is 4.72. The first-order valence-corrected chi connectivity index (χ1v) is 6.41. The highest BCUT2D eigenvalue weighted by molar-refractivity contribution is 5.49. The molecule has 0 aliphatic heterocycles.